The number of carbonyl (C=O) groups is 2. The molecule has 0 aliphatic heterocycles. The van der Waals surface area contributed by atoms with Crippen molar-refractivity contribution < 1.29 is 19.4 Å². The zero-order valence-corrected chi connectivity index (χ0v) is 10.9. The molecule has 1 aromatic carbocycles. The second-order valence-electron chi connectivity index (χ2n) is 3.74. The van der Waals surface area contributed by atoms with Crippen LogP contribution in [0.2, 0.25) is 5.02 Å². The number of methoxy groups -OCH3 is 1. The Balaban J connectivity index is 2.57. The van der Waals surface area contributed by atoms with Crippen molar-refractivity contribution in [3.63, 3.8) is 0 Å². The summed E-state index contributed by atoms with van der Waals surface area (Å²) in [4.78, 5) is 26.3. The van der Waals surface area contributed by atoms with Gasteiger partial charge >= 0.3 is 12.1 Å². The highest BCUT2D eigenvalue weighted by atomic mass is 35.5. The average molecular weight is 284 g/mol. The highest BCUT2D eigenvalue weighted by Crippen LogP contribution is 2.25. The van der Waals surface area contributed by atoms with Crippen molar-refractivity contribution in [3.8, 4) is 0 Å². The molecule has 0 saturated carbocycles. The number of hydrogen-bond acceptors (Lipinski definition) is 4. The molecule has 0 unspecified atom stereocenters. The third-order valence-corrected chi connectivity index (χ3v) is 2.91. The van der Waals surface area contributed by atoms with Crippen molar-refractivity contribution in [2.24, 2.45) is 7.05 Å². The minimum atomic E-state index is -1.13. The van der Waals surface area contributed by atoms with Gasteiger partial charge in [0.2, 0.25) is 5.95 Å². The van der Waals surface area contributed by atoms with Gasteiger partial charge in [-0.05, 0) is 12.1 Å². The van der Waals surface area contributed by atoms with E-state index >= 15 is 0 Å². The van der Waals surface area contributed by atoms with E-state index in [4.69, 9.17) is 16.7 Å². The van der Waals surface area contributed by atoms with Crippen LogP contribution in [0.15, 0.2) is 12.1 Å². The number of hydrogen-bond donors (Lipinski definition) is 2. The first kappa shape index (κ1) is 13.2. The SMILES string of the molecule is COC(=O)Nc1nc2cc(Cl)c(C(=O)O)cc2n1C. The Kier molecular flexibility index (Phi) is 3.30. The number of carboxylic acids is 1. The van der Waals surface area contributed by atoms with Crippen LogP contribution in [0.5, 0.6) is 0 Å². The van der Waals surface area contributed by atoms with Gasteiger partial charge in [0.15, 0.2) is 0 Å². The number of carboxylic acid groups (broad SMARTS) is 1. The minimum absolute atomic E-state index is 0.0261. The van der Waals surface area contributed by atoms with Crippen molar-refractivity contribution in [2.75, 3.05) is 12.4 Å². The molecule has 8 heteroatoms. The Hall–Kier alpha value is -2.28. The fourth-order valence-corrected chi connectivity index (χ4v) is 1.87. The number of aromatic carboxylic acids is 1. The van der Waals surface area contributed by atoms with Crippen molar-refractivity contribution in [1.82, 2.24) is 9.55 Å². The number of rotatable bonds is 2. The summed E-state index contributed by atoms with van der Waals surface area (Å²) in [7, 11) is 2.87. The molecule has 7 nitrogen and oxygen atoms in total. The number of carbonyl (C=O) groups excluding carboxylic acids is 1. The number of aromatic nitrogens is 2. The largest absolute Gasteiger partial charge is 0.478 e. The Bertz CT molecular complexity index is 680. The number of benzene rings is 1. The molecule has 2 aromatic rings. The molecule has 0 aliphatic rings. The lowest BCUT2D eigenvalue weighted by molar-refractivity contribution is 0.0697. The van der Waals surface area contributed by atoms with Crippen LogP contribution >= 0.6 is 11.6 Å². The summed E-state index contributed by atoms with van der Waals surface area (Å²) in [6.45, 7) is 0. The summed E-state index contributed by atoms with van der Waals surface area (Å²) in [6, 6.07) is 2.83. The van der Waals surface area contributed by atoms with Crippen molar-refractivity contribution in [1.29, 1.82) is 0 Å². The van der Waals surface area contributed by atoms with E-state index in [9.17, 15) is 9.59 Å². The summed E-state index contributed by atoms with van der Waals surface area (Å²) < 4.78 is 6.00. The van der Waals surface area contributed by atoms with E-state index in [0.29, 0.717) is 11.0 Å². The molecule has 2 N–H and O–H groups in total. The number of ether oxygens (including phenoxy) is 1. The Morgan fingerprint density at radius 3 is 2.74 bits per heavy atom. The minimum Gasteiger partial charge on any atom is -0.478 e. The Morgan fingerprint density at radius 1 is 1.47 bits per heavy atom. The molecule has 0 saturated heterocycles. The van der Waals surface area contributed by atoms with Gasteiger partial charge in [-0.25, -0.2) is 14.6 Å². The zero-order valence-electron chi connectivity index (χ0n) is 10.1. The molecule has 100 valence electrons. The highest BCUT2D eigenvalue weighted by Gasteiger charge is 2.16. The maximum absolute atomic E-state index is 11.1. The molecule has 0 fully saturated rings. The Morgan fingerprint density at radius 2 is 2.16 bits per heavy atom. The fourth-order valence-electron chi connectivity index (χ4n) is 1.63. The van der Waals surface area contributed by atoms with Crippen molar-refractivity contribution in [2.45, 2.75) is 0 Å². The van der Waals surface area contributed by atoms with Crippen LogP contribution in [-0.4, -0.2) is 33.8 Å². The van der Waals surface area contributed by atoms with E-state index in [0.717, 1.165) is 0 Å². The lowest BCUT2D eigenvalue weighted by Gasteiger charge is -2.03. The average Bonchev–Trinajstić information content (AvgIpc) is 2.64. The molecular weight excluding hydrogens is 274 g/mol. The van der Waals surface area contributed by atoms with Gasteiger partial charge in [0, 0.05) is 7.05 Å². The third kappa shape index (κ3) is 2.32. The number of nitrogens with one attached hydrogen (secondary N) is 1. The number of aryl methyl sites for hydroxylation is 1. The van der Waals surface area contributed by atoms with Gasteiger partial charge in [-0.2, -0.15) is 0 Å². The highest BCUT2D eigenvalue weighted by molar-refractivity contribution is 6.34. The summed E-state index contributed by atoms with van der Waals surface area (Å²) in [6.07, 6.45) is -0.664. The summed E-state index contributed by atoms with van der Waals surface area (Å²) >= 11 is 5.85. The van der Waals surface area contributed by atoms with Crippen LogP contribution in [0.25, 0.3) is 11.0 Å². The standard InChI is InChI=1S/C11H10ClN3O4/c1-15-8-3-5(9(16)17)6(12)4-7(8)13-10(15)14-11(18)19-2/h3-4H,1-2H3,(H,16,17)(H,13,14,18). The summed E-state index contributed by atoms with van der Waals surface area (Å²) in [5.74, 6) is -0.893. The molecule has 0 spiro atoms. The molecule has 0 bridgehead atoms. The van der Waals surface area contributed by atoms with Gasteiger partial charge < -0.3 is 14.4 Å². The quantitative estimate of drug-likeness (QED) is 0.880. The first-order valence-corrected chi connectivity index (χ1v) is 5.56. The summed E-state index contributed by atoms with van der Waals surface area (Å²) in [5.41, 5.74) is 0.985. The van der Waals surface area contributed by atoms with E-state index < -0.39 is 12.1 Å². The van der Waals surface area contributed by atoms with Crippen molar-refractivity contribution in [3.05, 3.63) is 22.7 Å². The predicted molar refractivity (Wildman–Crippen MR) is 68.7 cm³/mol. The van der Waals surface area contributed by atoms with Gasteiger partial charge in [0.1, 0.15) is 0 Å². The molecule has 1 aromatic heterocycles. The van der Waals surface area contributed by atoms with Crippen LogP contribution in [0, 0.1) is 0 Å². The number of fused-ring (bicyclic) bond motifs is 1. The van der Waals surface area contributed by atoms with Crippen LogP contribution in [0.3, 0.4) is 0 Å². The molecule has 0 radical (unpaired) electrons. The van der Waals surface area contributed by atoms with E-state index in [2.05, 4.69) is 15.0 Å². The monoisotopic (exact) mass is 283 g/mol. The number of amides is 1. The van der Waals surface area contributed by atoms with Crippen LogP contribution in [0.1, 0.15) is 10.4 Å². The molecule has 1 amide bonds. The number of nitrogens with zero attached hydrogens (tertiary/aromatic N) is 2. The van der Waals surface area contributed by atoms with Crippen LogP contribution in [-0.2, 0) is 11.8 Å². The molecule has 2 rings (SSSR count). The zero-order chi connectivity index (χ0) is 14.2. The van der Waals surface area contributed by atoms with Crippen molar-refractivity contribution >= 4 is 40.6 Å². The normalized spacial score (nSPS) is 10.5. The fraction of sp³-hybridized carbons (Fsp3) is 0.182. The van der Waals surface area contributed by atoms with E-state index in [1.54, 1.807) is 7.05 Å². The summed E-state index contributed by atoms with van der Waals surface area (Å²) in [5, 5.41) is 11.5. The third-order valence-electron chi connectivity index (χ3n) is 2.60. The van der Waals surface area contributed by atoms with Crippen LogP contribution in [0.4, 0.5) is 10.7 Å². The number of imidazole rings is 1. The van der Waals surface area contributed by atoms with Gasteiger partial charge in [-0.1, -0.05) is 11.6 Å². The van der Waals surface area contributed by atoms with Gasteiger partial charge in [0.05, 0.1) is 28.7 Å². The molecule has 1 heterocycles. The molecular formula is C11H10ClN3O4. The number of anilines is 1. The Labute approximate surface area is 112 Å². The van der Waals surface area contributed by atoms with E-state index in [-0.39, 0.29) is 16.5 Å². The van der Waals surface area contributed by atoms with Gasteiger partial charge in [0.25, 0.3) is 0 Å². The lowest BCUT2D eigenvalue weighted by Crippen LogP contribution is -2.14. The first-order valence-electron chi connectivity index (χ1n) is 5.18. The molecule has 0 aliphatic carbocycles. The smallest absolute Gasteiger partial charge is 0.413 e. The maximum Gasteiger partial charge on any atom is 0.413 e. The topological polar surface area (TPSA) is 93.4 Å². The lowest BCUT2D eigenvalue weighted by atomic mass is 10.2. The predicted octanol–water partition coefficient (Wildman–Crippen LogP) is 2.10. The van der Waals surface area contributed by atoms with E-state index in [1.165, 1.54) is 23.8 Å². The molecule has 19 heavy (non-hydrogen) atoms. The second kappa shape index (κ2) is 4.77. The van der Waals surface area contributed by atoms with Gasteiger partial charge in [-0.15, -0.1) is 0 Å². The first-order chi connectivity index (χ1) is 8.93. The molecule has 0 atom stereocenters. The maximum atomic E-state index is 11.1. The van der Waals surface area contributed by atoms with E-state index in [1.807, 2.05) is 0 Å². The van der Waals surface area contributed by atoms with Crippen LogP contribution < -0.4 is 5.32 Å². The second-order valence-corrected chi connectivity index (χ2v) is 4.14. The van der Waals surface area contributed by atoms with Gasteiger partial charge in [-0.3, -0.25) is 5.32 Å². The number of halogens is 1.